The fraction of sp³-hybridized carbons (Fsp3) is 0.200. The first kappa shape index (κ1) is 15.9. The number of halogens is 1. The zero-order valence-corrected chi connectivity index (χ0v) is 14.2. The van der Waals surface area contributed by atoms with Gasteiger partial charge in [-0.2, -0.15) is 0 Å². The molecule has 0 aliphatic heterocycles. The van der Waals surface area contributed by atoms with Gasteiger partial charge in [-0.15, -0.1) is 0 Å². The minimum atomic E-state index is 0.401. The Hall–Kier alpha value is -2.03. The fourth-order valence-corrected chi connectivity index (χ4v) is 2.87. The van der Waals surface area contributed by atoms with Crippen LogP contribution < -0.4 is 5.32 Å². The minimum absolute atomic E-state index is 0.401. The van der Waals surface area contributed by atoms with Gasteiger partial charge < -0.3 is 9.73 Å². The van der Waals surface area contributed by atoms with E-state index in [4.69, 9.17) is 16.0 Å². The maximum Gasteiger partial charge on any atom is 0.158 e. The molecule has 3 aromatic rings. The van der Waals surface area contributed by atoms with Crippen LogP contribution in [-0.2, 0) is 6.54 Å². The van der Waals surface area contributed by atoms with Crippen molar-refractivity contribution in [1.82, 2.24) is 0 Å². The maximum absolute atomic E-state index is 6.19. The lowest BCUT2D eigenvalue weighted by atomic mass is 10.1. The lowest BCUT2D eigenvalue weighted by Crippen LogP contribution is -2.82. The molecule has 0 saturated carbocycles. The third-order valence-electron chi connectivity index (χ3n) is 4.19. The SMILES string of the molecule is Cc1c(Cl)cccc1-c1ccc(C[NH2+][C@H](C)c2ccccc2)o1. The second kappa shape index (κ2) is 7.03. The molecule has 0 amide bonds. The first-order valence-electron chi connectivity index (χ1n) is 7.87. The van der Waals surface area contributed by atoms with Crippen molar-refractivity contribution in [3.05, 3.63) is 82.6 Å². The summed E-state index contributed by atoms with van der Waals surface area (Å²) in [5.74, 6) is 1.85. The number of hydrogen-bond acceptors (Lipinski definition) is 1. The van der Waals surface area contributed by atoms with Gasteiger partial charge in [-0.25, -0.2) is 0 Å². The van der Waals surface area contributed by atoms with Gasteiger partial charge in [0.15, 0.2) is 5.76 Å². The molecule has 23 heavy (non-hydrogen) atoms. The molecule has 118 valence electrons. The standard InChI is InChI=1S/C20H20ClNO/c1-14-18(9-6-10-19(14)21)20-12-11-17(23-20)13-22-15(2)16-7-4-3-5-8-16/h3-12,15,22H,13H2,1-2H3/p+1/t15-/m1/s1. The quantitative estimate of drug-likeness (QED) is 0.721. The van der Waals surface area contributed by atoms with Crippen LogP contribution in [0.2, 0.25) is 5.02 Å². The summed E-state index contributed by atoms with van der Waals surface area (Å²) in [5.41, 5.74) is 3.43. The van der Waals surface area contributed by atoms with Crippen LogP contribution in [0.1, 0.15) is 29.9 Å². The second-order valence-corrected chi connectivity index (χ2v) is 6.22. The highest BCUT2D eigenvalue weighted by molar-refractivity contribution is 6.31. The molecule has 0 fully saturated rings. The third kappa shape index (κ3) is 3.66. The highest BCUT2D eigenvalue weighted by atomic mass is 35.5. The Balaban J connectivity index is 1.69. The highest BCUT2D eigenvalue weighted by Crippen LogP contribution is 2.29. The van der Waals surface area contributed by atoms with Gasteiger partial charge in [0, 0.05) is 16.1 Å². The van der Waals surface area contributed by atoms with Crippen molar-refractivity contribution in [2.24, 2.45) is 0 Å². The summed E-state index contributed by atoms with van der Waals surface area (Å²) in [4.78, 5) is 0. The lowest BCUT2D eigenvalue weighted by molar-refractivity contribution is -0.709. The molecule has 0 unspecified atom stereocenters. The largest absolute Gasteiger partial charge is 0.455 e. The van der Waals surface area contributed by atoms with E-state index in [-0.39, 0.29) is 0 Å². The van der Waals surface area contributed by atoms with Crippen molar-refractivity contribution in [3.63, 3.8) is 0 Å². The first-order chi connectivity index (χ1) is 11.1. The van der Waals surface area contributed by atoms with Crippen LogP contribution in [-0.4, -0.2) is 0 Å². The molecule has 1 heterocycles. The van der Waals surface area contributed by atoms with Crippen LogP contribution in [0.3, 0.4) is 0 Å². The van der Waals surface area contributed by atoms with Crippen molar-refractivity contribution in [2.75, 3.05) is 0 Å². The Morgan fingerprint density at radius 3 is 2.57 bits per heavy atom. The van der Waals surface area contributed by atoms with E-state index >= 15 is 0 Å². The van der Waals surface area contributed by atoms with E-state index in [0.29, 0.717) is 6.04 Å². The lowest BCUT2D eigenvalue weighted by Gasteiger charge is -2.09. The van der Waals surface area contributed by atoms with Crippen LogP contribution >= 0.6 is 11.6 Å². The average Bonchev–Trinajstić information content (AvgIpc) is 3.04. The van der Waals surface area contributed by atoms with E-state index in [9.17, 15) is 0 Å². The van der Waals surface area contributed by atoms with Crippen molar-refractivity contribution < 1.29 is 9.73 Å². The van der Waals surface area contributed by atoms with E-state index in [1.807, 2.05) is 43.3 Å². The molecule has 3 rings (SSSR count). The average molecular weight is 327 g/mol. The van der Waals surface area contributed by atoms with Gasteiger partial charge in [0.2, 0.25) is 0 Å². The Labute approximate surface area is 142 Å². The monoisotopic (exact) mass is 326 g/mol. The zero-order valence-electron chi connectivity index (χ0n) is 13.4. The predicted molar refractivity (Wildman–Crippen MR) is 94.4 cm³/mol. The number of hydrogen-bond donors (Lipinski definition) is 1. The highest BCUT2D eigenvalue weighted by Gasteiger charge is 2.12. The van der Waals surface area contributed by atoms with Crippen LogP contribution in [0.25, 0.3) is 11.3 Å². The van der Waals surface area contributed by atoms with Crippen LogP contribution in [0.4, 0.5) is 0 Å². The number of furan rings is 1. The Kier molecular flexibility index (Phi) is 4.85. The summed E-state index contributed by atoms with van der Waals surface area (Å²) >= 11 is 6.19. The molecule has 2 nitrogen and oxygen atoms in total. The molecule has 3 heteroatoms. The molecule has 2 aromatic carbocycles. The molecule has 0 aliphatic rings. The topological polar surface area (TPSA) is 29.8 Å². The van der Waals surface area contributed by atoms with Gasteiger partial charge in [0.25, 0.3) is 0 Å². The molecule has 0 spiro atoms. The Morgan fingerprint density at radius 2 is 1.78 bits per heavy atom. The van der Waals surface area contributed by atoms with Gasteiger partial charge >= 0.3 is 0 Å². The van der Waals surface area contributed by atoms with Gasteiger partial charge in [-0.1, -0.05) is 54.1 Å². The van der Waals surface area contributed by atoms with Gasteiger partial charge in [0.1, 0.15) is 18.3 Å². The number of benzene rings is 2. The third-order valence-corrected chi connectivity index (χ3v) is 4.60. The second-order valence-electron chi connectivity index (χ2n) is 5.82. The Morgan fingerprint density at radius 1 is 1.00 bits per heavy atom. The summed E-state index contributed by atoms with van der Waals surface area (Å²) in [6, 6.07) is 20.9. The summed E-state index contributed by atoms with van der Waals surface area (Å²) in [6.07, 6.45) is 0. The molecular formula is C20H21ClNO+. The van der Waals surface area contributed by atoms with Crippen LogP contribution in [0, 0.1) is 6.92 Å². The van der Waals surface area contributed by atoms with E-state index in [2.05, 4.69) is 36.5 Å². The van der Waals surface area contributed by atoms with Crippen LogP contribution in [0.15, 0.2) is 65.1 Å². The van der Waals surface area contributed by atoms with Crippen molar-refractivity contribution in [1.29, 1.82) is 0 Å². The molecule has 2 N–H and O–H groups in total. The van der Waals surface area contributed by atoms with E-state index in [1.165, 1.54) is 5.56 Å². The predicted octanol–water partition coefficient (Wildman–Crippen LogP) is 4.73. The normalized spacial score (nSPS) is 12.3. The molecule has 1 atom stereocenters. The van der Waals surface area contributed by atoms with Crippen LogP contribution in [0.5, 0.6) is 0 Å². The minimum Gasteiger partial charge on any atom is -0.455 e. The molecule has 1 aromatic heterocycles. The number of quaternary nitrogens is 1. The summed E-state index contributed by atoms with van der Waals surface area (Å²) in [5, 5.41) is 3.05. The number of rotatable bonds is 5. The Bertz CT molecular complexity index is 779. The van der Waals surface area contributed by atoms with E-state index in [0.717, 1.165) is 34.2 Å². The zero-order chi connectivity index (χ0) is 16.2. The van der Waals surface area contributed by atoms with E-state index < -0.39 is 0 Å². The first-order valence-corrected chi connectivity index (χ1v) is 8.25. The molecule has 0 radical (unpaired) electrons. The number of nitrogens with two attached hydrogens (primary N) is 1. The van der Waals surface area contributed by atoms with Gasteiger partial charge in [-0.3, -0.25) is 0 Å². The summed E-state index contributed by atoms with van der Waals surface area (Å²) in [7, 11) is 0. The van der Waals surface area contributed by atoms with Crippen molar-refractivity contribution in [2.45, 2.75) is 26.4 Å². The van der Waals surface area contributed by atoms with Gasteiger partial charge in [0.05, 0.1) is 0 Å². The molecule has 0 bridgehead atoms. The smallest absolute Gasteiger partial charge is 0.158 e. The van der Waals surface area contributed by atoms with Crippen molar-refractivity contribution >= 4 is 11.6 Å². The van der Waals surface area contributed by atoms with E-state index in [1.54, 1.807) is 0 Å². The maximum atomic E-state index is 6.19. The summed E-state index contributed by atoms with van der Waals surface area (Å²) in [6.45, 7) is 5.04. The molecule has 0 aliphatic carbocycles. The van der Waals surface area contributed by atoms with Gasteiger partial charge in [-0.05, 0) is 37.6 Å². The fourth-order valence-electron chi connectivity index (χ4n) is 2.69. The molecular weight excluding hydrogens is 306 g/mol. The summed E-state index contributed by atoms with van der Waals surface area (Å²) < 4.78 is 6.00. The van der Waals surface area contributed by atoms with Crippen molar-refractivity contribution in [3.8, 4) is 11.3 Å². The molecule has 0 saturated heterocycles.